The van der Waals surface area contributed by atoms with E-state index in [1.54, 1.807) is 0 Å². The normalized spacial score (nSPS) is 5.76. The molecule has 0 aromatic rings. The van der Waals surface area contributed by atoms with Crippen LogP contribution < -0.4 is 0 Å². The van der Waals surface area contributed by atoms with E-state index in [0.717, 1.165) is 0 Å². The van der Waals surface area contributed by atoms with Gasteiger partial charge in [-0.1, -0.05) is 0 Å². The van der Waals surface area contributed by atoms with Crippen LogP contribution in [0, 0.1) is 0 Å². The summed E-state index contributed by atoms with van der Waals surface area (Å²) in [7, 11) is -18.8. The number of hydrogen-bond donors (Lipinski definition) is 12. The summed E-state index contributed by atoms with van der Waals surface area (Å²) >= 11 is 0. The SMILES string of the molecule is O=[Si](O)O.O=[Si](O)O.O=[Si](O)O.O=[Si](O)O.O=[Si](O)O.O=[Si](O)O.[LiH]. The molecule has 25 heavy (non-hydrogen) atoms. The van der Waals surface area contributed by atoms with Gasteiger partial charge < -0.3 is 57.5 Å². The van der Waals surface area contributed by atoms with Crippen LogP contribution in [0.5, 0.6) is 0 Å². The van der Waals surface area contributed by atoms with Gasteiger partial charge in [0.15, 0.2) is 0 Å². The van der Waals surface area contributed by atoms with E-state index < -0.39 is 55.0 Å². The quantitative estimate of drug-likeness (QED) is 0.144. The summed E-state index contributed by atoms with van der Waals surface area (Å²) in [6, 6.07) is 0. The van der Waals surface area contributed by atoms with Gasteiger partial charge in [-0.2, -0.15) is 0 Å². The van der Waals surface area contributed by atoms with Gasteiger partial charge in [0, 0.05) is 0 Å². The fraction of sp³-hybridized carbons (Fsp3) is 0. The maximum atomic E-state index is 8.74. The van der Waals surface area contributed by atoms with E-state index in [2.05, 4.69) is 0 Å². The number of rotatable bonds is 0. The van der Waals surface area contributed by atoms with Crippen LogP contribution >= 0.6 is 0 Å². The molecule has 0 atom stereocenters. The first-order chi connectivity index (χ1) is 10.4. The van der Waals surface area contributed by atoms with Gasteiger partial charge in [0.05, 0.1) is 0 Å². The van der Waals surface area contributed by atoms with Crippen molar-refractivity contribution in [2.75, 3.05) is 0 Å². The molecule has 0 aliphatic heterocycles. The Morgan fingerprint density at radius 1 is 0.280 bits per heavy atom. The minimum atomic E-state index is -3.13. The Morgan fingerprint density at radius 2 is 0.280 bits per heavy atom. The zero-order chi connectivity index (χ0) is 21.5. The first-order valence-electron chi connectivity index (χ1n) is 3.91. The molecule has 146 valence electrons. The van der Waals surface area contributed by atoms with E-state index >= 15 is 0 Å². The van der Waals surface area contributed by atoms with Crippen LogP contribution in [-0.2, 0) is 26.8 Å². The molecule has 0 amide bonds. The Bertz CT molecular complexity index is 257. The molecule has 0 radical (unpaired) electrons. The minimum absolute atomic E-state index is 0. The molecule has 0 aromatic carbocycles. The van der Waals surface area contributed by atoms with Crippen molar-refractivity contribution in [1.82, 2.24) is 0 Å². The molecule has 0 spiro atoms. The molecule has 0 heterocycles. The zero-order valence-electron chi connectivity index (χ0n) is 10.8. The van der Waals surface area contributed by atoms with E-state index in [0.29, 0.717) is 0 Å². The van der Waals surface area contributed by atoms with Crippen molar-refractivity contribution in [2.24, 2.45) is 0 Å². The van der Waals surface area contributed by atoms with E-state index in [4.69, 9.17) is 84.3 Å². The van der Waals surface area contributed by atoms with Crippen LogP contribution in [0.3, 0.4) is 0 Å². The van der Waals surface area contributed by atoms with Crippen LogP contribution in [0.1, 0.15) is 0 Å². The van der Waals surface area contributed by atoms with E-state index in [1.165, 1.54) is 0 Å². The third kappa shape index (κ3) is 3170. The molecule has 0 saturated heterocycles. The summed E-state index contributed by atoms with van der Waals surface area (Å²) in [5, 5.41) is 0. The Hall–Kier alpha value is -1.70. The van der Waals surface area contributed by atoms with Gasteiger partial charge in [0.1, 0.15) is 0 Å². The molecule has 0 rings (SSSR count). The van der Waals surface area contributed by atoms with Gasteiger partial charge >= 0.3 is 73.9 Å². The Morgan fingerprint density at radius 3 is 0.280 bits per heavy atom. The second-order valence-corrected chi connectivity index (χ2v) is 5.09. The van der Waals surface area contributed by atoms with Crippen LogP contribution in [0.4, 0.5) is 0 Å². The van der Waals surface area contributed by atoms with E-state index in [-0.39, 0.29) is 18.9 Å². The Balaban J connectivity index is -0.0000000309. The van der Waals surface area contributed by atoms with Crippen LogP contribution in [-0.4, -0.2) is 131 Å². The van der Waals surface area contributed by atoms with Crippen molar-refractivity contribution >= 4 is 73.9 Å². The molecular formula is H13LiO18Si6. The van der Waals surface area contributed by atoms with E-state index in [1.807, 2.05) is 0 Å². The fourth-order valence-corrected chi connectivity index (χ4v) is 0. The maximum absolute atomic E-state index is 8.74. The first-order valence-corrected chi connectivity index (χ1v) is 11.7. The molecular weight excluding hydrogens is 463 g/mol. The number of hydrogen-bond acceptors (Lipinski definition) is 6. The van der Waals surface area contributed by atoms with Crippen molar-refractivity contribution in [2.45, 2.75) is 0 Å². The van der Waals surface area contributed by atoms with Gasteiger partial charge in [-0.25, -0.2) is 0 Å². The molecule has 0 bridgehead atoms. The standard InChI is InChI=1S/Li.6H2O3Si.H/c;6*1-4(2)3;/h;6*1-2H;. The summed E-state index contributed by atoms with van der Waals surface area (Å²) in [5.74, 6) is 0. The molecule has 25 heteroatoms. The first kappa shape index (κ1) is 43.6. The van der Waals surface area contributed by atoms with Gasteiger partial charge in [0.2, 0.25) is 0 Å². The van der Waals surface area contributed by atoms with Crippen LogP contribution in [0.2, 0.25) is 0 Å². The average Bonchev–Trinajstić information content (AvgIpc) is 2.08. The molecule has 0 saturated carbocycles. The van der Waals surface area contributed by atoms with E-state index in [9.17, 15) is 0 Å². The predicted octanol–water partition coefficient (Wildman–Crippen LogP) is -10.3. The van der Waals surface area contributed by atoms with Gasteiger partial charge in [-0.05, 0) is 0 Å². The summed E-state index contributed by atoms with van der Waals surface area (Å²) in [5.41, 5.74) is 0. The molecule has 18 nitrogen and oxygen atoms in total. The summed E-state index contributed by atoms with van der Waals surface area (Å²) in [6.45, 7) is 0. The van der Waals surface area contributed by atoms with Gasteiger partial charge in [-0.15, -0.1) is 0 Å². The average molecular weight is 477 g/mol. The fourth-order valence-electron chi connectivity index (χ4n) is 0. The Labute approximate surface area is 158 Å². The molecule has 0 aliphatic rings. The van der Waals surface area contributed by atoms with Gasteiger partial charge in [-0.3, -0.25) is 26.8 Å². The van der Waals surface area contributed by atoms with Crippen LogP contribution in [0.25, 0.3) is 0 Å². The molecule has 0 aliphatic carbocycles. The van der Waals surface area contributed by atoms with Crippen LogP contribution in [0.15, 0.2) is 0 Å². The molecule has 12 N–H and O–H groups in total. The van der Waals surface area contributed by atoms with Crippen molar-refractivity contribution in [3.05, 3.63) is 0 Å². The third-order valence-corrected chi connectivity index (χ3v) is 0. The van der Waals surface area contributed by atoms with Gasteiger partial charge in [0.25, 0.3) is 0 Å². The second-order valence-electron chi connectivity index (χ2n) is 1.70. The second kappa shape index (κ2) is 38.1. The predicted molar refractivity (Wildman–Crippen MR) is 72.4 cm³/mol. The molecule has 0 aromatic heterocycles. The summed E-state index contributed by atoms with van der Waals surface area (Å²) in [6.07, 6.45) is 0. The van der Waals surface area contributed by atoms with Crippen molar-refractivity contribution in [3.63, 3.8) is 0 Å². The topological polar surface area (TPSA) is 345 Å². The summed E-state index contributed by atoms with van der Waals surface area (Å²) < 4.78 is 52.4. The van der Waals surface area contributed by atoms with Crippen molar-refractivity contribution < 1.29 is 84.3 Å². The monoisotopic (exact) mass is 476 g/mol. The molecule has 0 fully saturated rings. The third-order valence-electron chi connectivity index (χ3n) is 0. The van der Waals surface area contributed by atoms with Crippen molar-refractivity contribution in [3.8, 4) is 0 Å². The van der Waals surface area contributed by atoms with Crippen molar-refractivity contribution in [1.29, 1.82) is 0 Å². The zero-order valence-corrected chi connectivity index (χ0v) is 16.8. The summed E-state index contributed by atoms with van der Waals surface area (Å²) in [4.78, 5) is 85.9. The Kier molecular flexibility index (Phi) is 66.4. The molecule has 0 unspecified atom stereocenters.